The van der Waals surface area contributed by atoms with Gasteiger partial charge in [-0.05, 0) is 37.0 Å². The van der Waals surface area contributed by atoms with Crippen LogP contribution in [-0.2, 0) is 0 Å². The summed E-state index contributed by atoms with van der Waals surface area (Å²) in [4.78, 5) is 0. The first kappa shape index (κ1) is 15.7. The zero-order valence-corrected chi connectivity index (χ0v) is 12.2. The first-order chi connectivity index (χ1) is 7.79. The Kier molecular flexibility index (Phi) is 8.70. The summed E-state index contributed by atoms with van der Waals surface area (Å²) in [6, 6.07) is 0. The maximum atomic E-state index is 4.19. The SMILES string of the molecule is C=C1CCC2CCCCC2C1C.CC.CC. The van der Waals surface area contributed by atoms with Gasteiger partial charge in [0.1, 0.15) is 0 Å². The van der Waals surface area contributed by atoms with Gasteiger partial charge >= 0.3 is 0 Å². The van der Waals surface area contributed by atoms with Gasteiger partial charge in [-0.25, -0.2) is 0 Å². The van der Waals surface area contributed by atoms with Gasteiger partial charge in [-0.3, -0.25) is 0 Å². The van der Waals surface area contributed by atoms with Crippen molar-refractivity contribution in [2.24, 2.45) is 17.8 Å². The van der Waals surface area contributed by atoms with Gasteiger partial charge in [-0.15, -0.1) is 0 Å². The summed E-state index contributed by atoms with van der Waals surface area (Å²) in [5.74, 6) is 2.88. The van der Waals surface area contributed by atoms with Gasteiger partial charge in [-0.1, -0.05) is 66.0 Å². The minimum Gasteiger partial charge on any atom is -0.0996 e. The molecular formula is C16H32. The van der Waals surface area contributed by atoms with Crippen LogP contribution in [0.5, 0.6) is 0 Å². The number of hydrogen-bond donors (Lipinski definition) is 0. The molecule has 0 N–H and O–H groups in total. The fraction of sp³-hybridized carbons (Fsp3) is 0.875. The lowest BCUT2D eigenvalue weighted by molar-refractivity contribution is 0.151. The molecule has 3 atom stereocenters. The van der Waals surface area contributed by atoms with Crippen molar-refractivity contribution in [3.05, 3.63) is 12.2 Å². The van der Waals surface area contributed by atoms with E-state index < -0.39 is 0 Å². The van der Waals surface area contributed by atoms with E-state index in [0.717, 1.165) is 17.8 Å². The zero-order valence-electron chi connectivity index (χ0n) is 12.2. The maximum absolute atomic E-state index is 4.19. The highest BCUT2D eigenvalue weighted by Gasteiger charge is 2.33. The number of allylic oxidation sites excluding steroid dienone is 1. The summed E-state index contributed by atoms with van der Waals surface area (Å²) < 4.78 is 0. The Hall–Kier alpha value is -0.260. The Labute approximate surface area is 104 Å². The van der Waals surface area contributed by atoms with Crippen molar-refractivity contribution in [3.8, 4) is 0 Å². The molecular weight excluding hydrogens is 192 g/mol. The number of fused-ring (bicyclic) bond motifs is 1. The molecule has 0 heteroatoms. The lowest BCUT2D eigenvalue weighted by Crippen LogP contribution is -2.30. The summed E-state index contributed by atoms with van der Waals surface area (Å²) in [5, 5.41) is 0. The Morgan fingerprint density at radius 3 is 2.12 bits per heavy atom. The fourth-order valence-corrected chi connectivity index (χ4v) is 3.15. The molecule has 0 saturated heterocycles. The van der Waals surface area contributed by atoms with Gasteiger partial charge in [0.2, 0.25) is 0 Å². The van der Waals surface area contributed by atoms with Gasteiger partial charge in [0, 0.05) is 0 Å². The van der Waals surface area contributed by atoms with Crippen LogP contribution >= 0.6 is 0 Å². The van der Waals surface area contributed by atoms with Crippen molar-refractivity contribution in [2.45, 2.75) is 73.1 Å². The molecule has 0 aromatic heterocycles. The van der Waals surface area contributed by atoms with Crippen LogP contribution in [0.3, 0.4) is 0 Å². The van der Waals surface area contributed by atoms with E-state index in [4.69, 9.17) is 0 Å². The third kappa shape index (κ3) is 3.96. The molecule has 0 aromatic carbocycles. The molecule has 2 aliphatic rings. The van der Waals surface area contributed by atoms with Crippen LogP contribution in [0.2, 0.25) is 0 Å². The average molecular weight is 224 g/mol. The molecule has 96 valence electrons. The Morgan fingerprint density at radius 2 is 1.50 bits per heavy atom. The molecule has 0 aromatic rings. The van der Waals surface area contributed by atoms with E-state index in [2.05, 4.69) is 13.5 Å². The first-order valence-electron chi connectivity index (χ1n) is 7.46. The van der Waals surface area contributed by atoms with Crippen molar-refractivity contribution in [1.82, 2.24) is 0 Å². The molecule has 0 bridgehead atoms. The van der Waals surface area contributed by atoms with Gasteiger partial charge in [0.25, 0.3) is 0 Å². The predicted molar refractivity (Wildman–Crippen MR) is 75.7 cm³/mol. The smallest absolute Gasteiger partial charge is 0.0203 e. The molecule has 0 spiro atoms. The highest BCUT2D eigenvalue weighted by molar-refractivity contribution is 5.07. The molecule has 0 amide bonds. The first-order valence-corrected chi connectivity index (χ1v) is 7.46. The minimum atomic E-state index is 0.823. The summed E-state index contributed by atoms with van der Waals surface area (Å²) in [7, 11) is 0. The quantitative estimate of drug-likeness (QED) is 0.454. The third-order valence-electron chi connectivity index (χ3n) is 4.09. The molecule has 0 aliphatic heterocycles. The second kappa shape index (κ2) is 8.84. The molecule has 3 unspecified atom stereocenters. The highest BCUT2D eigenvalue weighted by Crippen LogP contribution is 2.45. The van der Waals surface area contributed by atoms with E-state index in [-0.39, 0.29) is 0 Å². The topological polar surface area (TPSA) is 0 Å². The molecule has 2 aliphatic carbocycles. The normalized spacial score (nSPS) is 32.6. The number of rotatable bonds is 0. The monoisotopic (exact) mass is 224 g/mol. The Morgan fingerprint density at radius 1 is 0.938 bits per heavy atom. The van der Waals surface area contributed by atoms with Crippen LogP contribution in [0.25, 0.3) is 0 Å². The fourth-order valence-electron chi connectivity index (χ4n) is 3.15. The van der Waals surface area contributed by atoms with E-state index in [1.165, 1.54) is 44.1 Å². The molecule has 0 radical (unpaired) electrons. The Bertz CT molecular complexity index is 180. The summed E-state index contributed by atoms with van der Waals surface area (Å²) in [6.07, 6.45) is 8.68. The van der Waals surface area contributed by atoms with Crippen LogP contribution in [0.15, 0.2) is 12.2 Å². The lowest BCUT2D eigenvalue weighted by Gasteiger charge is -2.41. The van der Waals surface area contributed by atoms with Crippen molar-refractivity contribution < 1.29 is 0 Å². The Balaban J connectivity index is 0.000000509. The summed E-state index contributed by atoms with van der Waals surface area (Å²) >= 11 is 0. The van der Waals surface area contributed by atoms with Gasteiger partial charge in [0.15, 0.2) is 0 Å². The van der Waals surface area contributed by atoms with E-state index in [1.807, 2.05) is 27.7 Å². The van der Waals surface area contributed by atoms with Gasteiger partial charge in [-0.2, -0.15) is 0 Å². The summed E-state index contributed by atoms with van der Waals surface area (Å²) in [5.41, 5.74) is 1.53. The standard InChI is InChI=1S/C12H20.2C2H6/c1-9-7-8-11-5-3-4-6-12(11)10(9)2;2*1-2/h10-12H,1,3-8H2,2H3;2*1-2H3. The maximum Gasteiger partial charge on any atom is -0.0203 e. The van der Waals surface area contributed by atoms with Crippen LogP contribution < -0.4 is 0 Å². The largest absolute Gasteiger partial charge is 0.0996 e. The van der Waals surface area contributed by atoms with Crippen LogP contribution in [0.1, 0.15) is 73.1 Å². The average Bonchev–Trinajstić information content (AvgIpc) is 2.39. The molecule has 2 fully saturated rings. The van der Waals surface area contributed by atoms with Crippen molar-refractivity contribution in [2.75, 3.05) is 0 Å². The third-order valence-corrected chi connectivity index (χ3v) is 4.09. The minimum absolute atomic E-state index is 0.823. The van der Waals surface area contributed by atoms with E-state index in [9.17, 15) is 0 Å². The second-order valence-corrected chi connectivity index (χ2v) is 4.69. The van der Waals surface area contributed by atoms with Crippen LogP contribution in [0.4, 0.5) is 0 Å². The predicted octanol–water partition coefficient (Wildman–Crippen LogP) is 5.83. The van der Waals surface area contributed by atoms with Crippen molar-refractivity contribution in [3.63, 3.8) is 0 Å². The van der Waals surface area contributed by atoms with E-state index >= 15 is 0 Å². The second-order valence-electron chi connectivity index (χ2n) is 4.69. The number of hydrogen-bond acceptors (Lipinski definition) is 0. The van der Waals surface area contributed by atoms with Crippen molar-refractivity contribution >= 4 is 0 Å². The van der Waals surface area contributed by atoms with E-state index in [1.54, 1.807) is 0 Å². The van der Waals surface area contributed by atoms with Gasteiger partial charge < -0.3 is 0 Å². The lowest BCUT2D eigenvalue weighted by atomic mass is 9.65. The zero-order chi connectivity index (χ0) is 12.6. The van der Waals surface area contributed by atoms with E-state index in [0.29, 0.717) is 0 Å². The van der Waals surface area contributed by atoms with Gasteiger partial charge in [0.05, 0.1) is 0 Å². The molecule has 2 rings (SSSR count). The van der Waals surface area contributed by atoms with Crippen LogP contribution in [-0.4, -0.2) is 0 Å². The van der Waals surface area contributed by atoms with Crippen molar-refractivity contribution in [1.29, 1.82) is 0 Å². The molecule has 16 heavy (non-hydrogen) atoms. The highest BCUT2D eigenvalue weighted by atomic mass is 14.4. The molecule has 2 saturated carbocycles. The van der Waals surface area contributed by atoms with Crippen LogP contribution in [0, 0.1) is 17.8 Å². The summed E-state index contributed by atoms with van der Waals surface area (Å²) in [6.45, 7) is 14.6. The molecule has 0 nitrogen and oxygen atoms in total. The molecule has 0 heterocycles.